The predicted molar refractivity (Wildman–Crippen MR) is 108 cm³/mol. The van der Waals surface area contributed by atoms with E-state index in [9.17, 15) is 0 Å². The minimum atomic E-state index is -0.0813. The summed E-state index contributed by atoms with van der Waals surface area (Å²) in [5, 5.41) is 0. The van der Waals surface area contributed by atoms with Crippen LogP contribution in [0.25, 0.3) is 5.70 Å². The molecule has 0 aromatic heterocycles. The SMILES string of the molecule is c1ccc([C@H]2C3=C(c4ccccc4CC3)N3CCO[C@]34CCCC[C@H]24)cc1. The van der Waals surface area contributed by atoms with E-state index >= 15 is 0 Å². The van der Waals surface area contributed by atoms with Crippen LogP contribution in [0.3, 0.4) is 0 Å². The highest BCUT2D eigenvalue weighted by atomic mass is 16.5. The highest BCUT2D eigenvalue weighted by Gasteiger charge is 2.57. The fraction of sp³-hybridized carbons (Fsp3) is 0.440. The Hall–Kier alpha value is -2.06. The van der Waals surface area contributed by atoms with Gasteiger partial charge in [-0.25, -0.2) is 0 Å². The summed E-state index contributed by atoms with van der Waals surface area (Å²) in [5.41, 5.74) is 7.58. The predicted octanol–water partition coefficient (Wildman–Crippen LogP) is 5.36. The van der Waals surface area contributed by atoms with Crippen molar-refractivity contribution in [3.8, 4) is 0 Å². The van der Waals surface area contributed by atoms with E-state index in [0.717, 1.165) is 13.2 Å². The second-order valence-electron chi connectivity index (χ2n) is 8.62. The molecule has 2 aliphatic carbocycles. The zero-order chi connectivity index (χ0) is 17.8. The van der Waals surface area contributed by atoms with Crippen molar-refractivity contribution in [1.82, 2.24) is 4.90 Å². The van der Waals surface area contributed by atoms with Crippen molar-refractivity contribution >= 4 is 5.70 Å². The van der Waals surface area contributed by atoms with Gasteiger partial charge >= 0.3 is 0 Å². The summed E-state index contributed by atoms with van der Waals surface area (Å²) < 4.78 is 6.66. The maximum absolute atomic E-state index is 6.66. The first kappa shape index (κ1) is 15.9. The van der Waals surface area contributed by atoms with Crippen molar-refractivity contribution in [1.29, 1.82) is 0 Å². The number of allylic oxidation sites excluding steroid dienone is 1. The van der Waals surface area contributed by atoms with Crippen molar-refractivity contribution in [2.24, 2.45) is 5.92 Å². The second-order valence-corrected chi connectivity index (χ2v) is 8.62. The van der Waals surface area contributed by atoms with Gasteiger partial charge in [-0.1, -0.05) is 61.0 Å². The monoisotopic (exact) mass is 357 g/mol. The third kappa shape index (κ3) is 2.17. The molecule has 2 aliphatic heterocycles. The number of benzene rings is 2. The van der Waals surface area contributed by atoms with Crippen molar-refractivity contribution < 1.29 is 4.74 Å². The highest BCUT2D eigenvalue weighted by Crippen LogP contribution is 2.59. The van der Waals surface area contributed by atoms with Crippen LogP contribution >= 0.6 is 0 Å². The van der Waals surface area contributed by atoms with Crippen molar-refractivity contribution in [2.75, 3.05) is 13.2 Å². The van der Waals surface area contributed by atoms with Gasteiger partial charge in [-0.3, -0.25) is 0 Å². The molecule has 2 heterocycles. The van der Waals surface area contributed by atoms with E-state index in [4.69, 9.17) is 4.74 Å². The molecule has 0 bridgehead atoms. The first-order chi connectivity index (χ1) is 13.4. The molecule has 4 aliphatic rings. The molecular weight excluding hydrogens is 330 g/mol. The lowest BCUT2D eigenvalue weighted by Crippen LogP contribution is -2.57. The van der Waals surface area contributed by atoms with Gasteiger partial charge in [0.1, 0.15) is 5.72 Å². The number of fused-ring (bicyclic) bond motifs is 3. The molecule has 1 saturated heterocycles. The van der Waals surface area contributed by atoms with E-state index in [1.54, 1.807) is 5.57 Å². The van der Waals surface area contributed by atoms with Crippen molar-refractivity contribution in [3.05, 3.63) is 76.9 Å². The van der Waals surface area contributed by atoms with E-state index in [1.165, 1.54) is 60.9 Å². The zero-order valence-corrected chi connectivity index (χ0v) is 15.9. The number of ether oxygens (including phenoxy) is 1. The summed E-state index contributed by atoms with van der Waals surface area (Å²) in [6.45, 7) is 1.92. The lowest BCUT2D eigenvalue weighted by atomic mass is 9.63. The third-order valence-electron chi connectivity index (χ3n) is 7.45. The van der Waals surface area contributed by atoms with Crippen LogP contribution in [-0.4, -0.2) is 23.8 Å². The first-order valence-electron chi connectivity index (χ1n) is 10.7. The summed E-state index contributed by atoms with van der Waals surface area (Å²) in [5.74, 6) is 1.09. The Morgan fingerprint density at radius 3 is 2.70 bits per heavy atom. The first-order valence-corrected chi connectivity index (χ1v) is 10.7. The lowest BCUT2D eigenvalue weighted by molar-refractivity contribution is -0.138. The quantitative estimate of drug-likeness (QED) is 0.681. The number of hydrogen-bond acceptors (Lipinski definition) is 2. The summed E-state index contributed by atoms with van der Waals surface area (Å²) in [4.78, 5) is 2.70. The molecule has 27 heavy (non-hydrogen) atoms. The minimum absolute atomic E-state index is 0.0813. The standard InChI is InChI=1S/C25H27NO/c1-2-9-19(10-3-1)23-21-14-13-18-8-4-5-11-20(18)24(21)26-16-17-27-25(26)15-7-6-12-22(23)25/h1-5,8-11,22-23H,6-7,12-17H2/t22-,23+,25+/m1/s1. The Labute approximate surface area is 161 Å². The van der Waals surface area contributed by atoms with Crippen LogP contribution in [0.5, 0.6) is 0 Å². The van der Waals surface area contributed by atoms with Gasteiger partial charge in [0.2, 0.25) is 0 Å². The maximum Gasteiger partial charge on any atom is 0.145 e. The average Bonchev–Trinajstić information content (AvgIpc) is 3.15. The van der Waals surface area contributed by atoms with Crippen molar-refractivity contribution in [2.45, 2.75) is 50.2 Å². The van der Waals surface area contributed by atoms with Crippen LogP contribution in [0.1, 0.15) is 54.7 Å². The molecule has 2 heteroatoms. The van der Waals surface area contributed by atoms with E-state index in [0.29, 0.717) is 11.8 Å². The molecule has 0 unspecified atom stereocenters. The van der Waals surface area contributed by atoms with Gasteiger partial charge in [0.15, 0.2) is 0 Å². The summed E-state index contributed by atoms with van der Waals surface area (Å²) >= 11 is 0. The Bertz CT molecular complexity index is 902. The number of aryl methyl sites for hydroxylation is 1. The number of rotatable bonds is 1. The largest absolute Gasteiger partial charge is 0.353 e. The van der Waals surface area contributed by atoms with Crippen molar-refractivity contribution in [3.63, 3.8) is 0 Å². The summed E-state index contributed by atoms with van der Waals surface area (Å²) in [6, 6.07) is 20.4. The van der Waals surface area contributed by atoms with E-state index in [1.807, 2.05) is 0 Å². The Balaban J connectivity index is 1.62. The van der Waals surface area contributed by atoms with Crippen LogP contribution < -0.4 is 0 Å². The molecule has 6 rings (SSSR count). The maximum atomic E-state index is 6.66. The normalized spacial score (nSPS) is 31.8. The molecule has 138 valence electrons. The Morgan fingerprint density at radius 2 is 1.78 bits per heavy atom. The van der Waals surface area contributed by atoms with Gasteiger partial charge in [0.05, 0.1) is 6.61 Å². The zero-order valence-electron chi connectivity index (χ0n) is 15.9. The molecule has 3 atom stereocenters. The van der Waals surface area contributed by atoms with Crippen LogP contribution in [0.15, 0.2) is 60.2 Å². The second kappa shape index (κ2) is 5.97. The molecule has 0 N–H and O–H groups in total. The molecule has 1 spiro atoms. The molecule has 2 aromatic rings. The molecule has 2 nitrogen and oxygen atoms in total. The van der Waals surface area contributed by atoms with Gasteiger partial charge in [-0.15, -0.1) is 0 Å². The molecule has 2 fully saturated rings. The van der Waals surface area contributed by atoms with Gasteiger partial charge in [0.25, 0.3) is 0 Å². The van der Waals surface area contributed by atoms with E-state index in [2.05, 4.69) is 59.5 Å². The summed E-state index contributed by atoms with van der Waals surface area (Å²) in [7, 11) is 0. The molecular formula is C25H27NO. The summed E-state index contributed by atoms with van der Waals surface area (Å²) in [6.07, 6.45) is 7.46. The number of nitrogens with zero attached hydrogens (tertiary/aromatic N) is 1. The highest BCUT2D eigenvalue weighted by molar-refractivity contribution is 5.75. The van der Waals surface area contributed by atoms with Gasteiger partial charge < -0.3 is 9.64 Å². The van der Waals surface area contributed by atoms with Gasteiger partial charge in [-0.05, 0) is 48.8 Å². The van der Waals surface area contributed by atoms with Crippen LogP contribution in [0, 0.1) is 5.92 Å². The topological polar surface area (TPSA) is 12.5 Å². The van der Waals surface area contributed by atoms with Crippen LogP contribution in [-0.2, 0) is 11.2 Å². The van der Waals surface area contributed by atoms with Crippen LogP contribution in [0.2, 0.25) is 0 Å². The van der Waals surface area contributed by atoms with Crippen LogP contribution in [0.4, 0.5) is 0 Å². The molecule has 2 aromatic carbocycles. The minimum Gasteiger partial charge on any atom is -0.353 e. The number of hydrogen-bond donors (Lipinski definition) is 0. The molecule has 0 amide bonds. The van der Waals surface area contributed by atoms with E-state index < -0.39 is 0 Å². The lowest BCUT2D eigenvalue weighted by Gasteiger charge is -2.56. The Kier molecular flexibility index (Phi) is 3.53. The van der Waals surface area contributed by atoms with E-state index in [-0.39, 0.29) is 5.72 Å². The Morgan fingerprint density at radius 1 is 0.926 bits per heavy atom. The smallest absolute Gasteiger partial charge is 0.145 e. The fourth-order valence-corrected chi connectivity index (χ4v) is 6.47. The third-order valence-corrected chi connectivity index (χ3v) is 7.45. The molecule has 0 radical (unpaired) electrons. The fourth-order valence-electron chi connectivity index (χ4n) is 6.47. The van der Waals surface area contributed by atoms with Gasteiger partial charge in [0, 0.05) is 29.6 Å². The molecule has 1 saturated carbocycles. The van der Waals surface area contributed by atoms with Gasteiger partial charge in [-0.2, -0.15) is 0 Å². The average molecular weight is 357 g/mol.